The summed E-state index contributed by atoms with van der Waals surface area (Å²) in [7, 11) is 0. The Bertz CT molecular complexity index is 1160. The van der Waals surface area contributed by atoms with E-state index in [9.17, 15) is 15.3 Å². The second-order valence-corrected chi connectivity index (χ2v) is 11.6. The monoisotopic (exact) mass is 476 g/mol. The third kappa shape index (κ3) is 5.42. The molecule has 0 aromatic heterocycles. The van der Waals surface area contributed by atoms with Gasteiger partial charge in [0.15, 0.2) is 11.5 Å². The molecule has 0 spiro atoms. The standard InChI is InChI=1S/C31H40O4/c1-10-35-26-17-20(11-12-25(26)32)27(21-13-18(2)15-23(28(21)33)30(4,5)6)22-14-19(3)16-24(29(22)34)31(7,8)9/h11-17,27,32-34H,10H2,1-9H3. The molecule has 0 aliphatic heterocycles. The van der Waals surface area contributed by atoms with Crippen molar-refractivity contribution in [1.29, 1.82) is 0 Å². The summed E-state index contributed by atoms with van der Waals surface area (Å²) in [6, 6.07) is 13.3. The molecule has 4 nitrogen and oxygen atoms in total. The van der Waals surface area contributed by atoms with Gasteiger partial charge in [0.1, 0.15) is 11.5 Å². The summed E-state index contributed by atoms with van der Waals surface area (Å²) in [4.78, 5) is 0. The molecule has 0 fully saturated rings. The molecule has 0 aliphatic rings. The van der Waals surface area contributed by atoms with Gasteiger partial charge in [-0.25, -0.2) is 0 Å². The van der Waals surface area contributed by atoms with Crippen LogP contribution < -0.4 is 4.74 Å². The predicted octanol–water partition coefficient (Wildman–Crippen LogP) is 7.59. The van der Waals surface area contributed by atoms with Gasteiger partial charge in [0.25, 0.3) is 0 Å². The van der Waals surface area contributed by atoms with E-state index < -0.39 is 5.92 Å². The number of aryl methyl sites for hydroxylation is 2. The van der Waals surface area contributed by atoms with Gasteiger partial charge in [-0.05, 0) is 60.4 Å². The van der Waals surface area contributed by atoms with Gasteiger partial charge in [-0.15, -0.1) is 0 Å². The number of hydrogen-bond donors (Lipinski definition) is 3. The van der Waals surface area contributed by atoms with Crippen LogP contribution in [-0.4, -0.2) is 21.9 Å². The van der Waals surface area contributed by atoms with Crippen molar-refractivity contribution in [3.8, 4) is 23.0 Å². The van der Waals surface area contributed by atoms with E-state index in [1.54, 1.807) is 12.1 Å². The zero-order valence-electron chi connectivity index (χ0n) is 22.6. The molecule has 3 rings (SSSR count). The van der Waals surface area contributed by atoms with Crippen LogP contribution in [0.5, 0.6) is 23.0 Å². The summed E-state index contributed by atoms with van der Waals surface area (Å²) in [5.74, 6) is 0.398. The van der Waals surface area contributed by atoms with Gasteiger partial charge < -0.3 is 20.1 Å². The van der Waals surface area contributed by atoms with Crippen molar-refractivity contribution in [3.63, 3.8) is 0 Å². The van der Waals surface area contributed by atoms with E-state index in [2.05, 4.69) is 41.5 Å². The number of benzene rings is 3. The van der Waals surface area contributed by atoms with Crippen molar-refractivity contribution in [1.82, 2.24) is 0 Å². The molecule has 0 saturated heterocycles. The molecule has 4 heteroatoms. The lowest BCUT2D eigenvalue weighted by Gasteiger charge is -2.29. The predicted molar refractivity (Wildman–Crippen MR) is 143 cm³/mol. The van der Waals surface area contributed by atoms with Gasteiger partial charge >= 0.3 is 0 Å². The van der Waals surface area contributed by atoms with E-state index in [4.69, 9.17) is 4.74 Å². The fourth-order valence-corrected chi connectivity index (χ4v) is 4.71. The highest BCUT2D eigenvalue weighted by Gasteiger charge is 2.31. The maximum absolute atomic E-state index is 11.6. The average molecular weight is 477 g/mol. The van der Waals surface area contributed by atoms with E-state index in [0.717, 1.165) is 27.8 Å². The van der Waals surface area contributed by atoms with Crippen LogP contribution in [-0.2, 0) is 10.8 Å². The lowest BCUT2D eigenvalue weighted by Crippen LogP contribution is -2.16. The summed E-state index contributed by atoms with van der Waals surface area (Å²) in [5.41, 5.74) is 5.45. The van der Waals surface area contributed by atoms with Gasteiger partial charge in [0, 0.05) is 17.0 Å². The number of hydrogen-bond acceptors (Lipinski definition) is 4. The summed E-state index contributed by atoms with van der Waals surface area (Å²) < 4.78 is 5.69. The lowest BCUT2D eigenvalue weighted by atomic mass is 9.76. The first-order valence-electron chi connectivity index (χ1n) is 12.3. The summed E-state index contributed by atoms with van der Waals surface area (Å²) >= 11 is 0. The second-order valence-electron chi connectivity index (χ2n) is 11.6. The van der Waals surface area contributed by atoms with E-state index >= 15 is 0 Å². The summed E-state index contributed by atoms with van der Waals surface area (Å²) in [6.45, 7) is 18.8. The molecule has 0 heterocycles. The number of ether oxygens (including phenoxy) is 1. The summed E-state index contributed by atoms with van der Waals surface area (Å²) in [6.07, 6.45) is 0. The van der Waals surface area contributed by atoms with E-state index in [-0.39, 0.29) is 28.1 Å². The molecule has 3 aromatic rings. The lowest BCUT2D eigenvalue weighted by molar-refractivity contribution is 0.317. The Kier molecular flexibility index (Phi) is 7.17. The molecule has 3 N–H and O–H groups in total. The van der Waals surface area contributed by atoms with E-state index in [1.165, 1.54) is 0 Å². The van der Waals surface area contributed by atoms with Gasteiger partial charge in [-0.2, -0.15) is 0 Å². The minimum absolute atomic E-state index is 0.0574. The van der Waals surface area contributed by atoms with Crippen LogP contribution in [0, 0.1) is 13.8 Å². The zero-order chi connectivity index (χ0) is 26.3. The topological polar surface area (TPSA) is 69.9 Å². The van der Waals surface area contributed by atoms with Gasteiger partial charge in [-0.1, -0.05) is 83.0 Å². The van der Waals surface area contributed by atoms with Crippen molar-refractivity contribution in [2.75, 3.05) is 6.61 Å². The van der Waals surface area contributed by atoms with Crippen LogP contribution >= 0.6 is 0 Å². The Hall–Kier alpha value is -3.14. The molecule has 35 heavy (non-hydrogen) atoms. The smallest absolute Gasteiger partial charge is 0.161 e. The maximum Gasteiger partial charge on any atom is 0.161 e. The molecule has 0 saturated carbocycles. The van der Waals surface area contributed by atoms with Crippen LogP contribution in [0.15, 0.2) is 42.5 Å². The number of phenols is 3. The Morgan fingerprint density at radius 3 is 1.57 bits per heavy atom. The highest BCUT2D eigenvalue weighted by molar-refractivity contribution is 5.61. The van der Waals surface area contributed by atoms with Crippen LogP contribution in [0.1, 0.15) is 93.3 Å². The molecule has 0 bridgehead atoms. The van der Waals surface area contributed by atoms with E-state index in [1.807, 2.05) is 51.1 Å². The van der Waals surface area contributed by atoms with Crippen LogP contribution in [0.3, 0.4) is 0 Å². The third-order valence-corrected chi connectivity index (χ3v) is 6.42. The Labute approximate surface area is 210 Å². The first-order valence-corrected chi connectivity index (χ1v) is 12.3. The average Bonchev–Trinajstić information content (AvgIpc) is 2.73. The van der Waals surface area contributed by atoms with Crippen molar-refractivity contribution < 1.29 is 20.1 Å². The molecule has 0 aliphatic carbocycles. The van der Waals surface area contributed by atoms with Crippen LogP contribution in [0.25, 0.3) is 0 Å². The molecule has 188 valence electrons. The Balaban J connectivity index is 2.44. The molecular formula is C31H40O4. The molecule has 0 radical (unpaired) electrons. The van der Waals surface area contributed by atoms with Crippen LogP contribution in [0.4, 0.5) is 0 Å². The third-order valence-electron chi connectivity index (χ3n) is 6.42. The highest BCUT2D eigenvalue weighted by atomic mass is 16.5. The summed E-state index contributed by atoms with van der Waals surface area (Å²) in [5, 5.41) is 33.6. The number of aromatic hydroxyl groups is 3. The molecular weight excluding hydrogens is 436 g/mol. The largest absolute Gasteiger partial charge is 0.507 e. The zero-order valence-corrected chi connectivity index (χ0v) is 22.6. The first kappa shape index (κ1) is 26.5. The quantitative estimate of drug-likeness (QED) is 0.332. The Morgan fingerprint density at radius 1 is 0.714 bits per heavy atom. The van der Waals surface area contributed by atoms with Crippen molar-refractivity contribution in [2.24, 2.45) is 0 Å². The van der Waals surface area contributed by atoms with Crippen molar-refractivity contribution in [3.05, 3.63) is 81.4 Å². The van der Waals surface area contributed by atoms with E-state index in [0.29, 0.717) is 23.5 Å². The minimum atomic E-state index is -0.475. The number of phenolic OH excluding ortho intramolecular Hbond substituents is 3. The van der Waals surface area contributed by atoms with Crippen molar-refractivity contribution in [2.45, 2.75) is 79.1 Å². The molecule has 3 aromatic carbocycles. The van der Waals surface area contributed by atoms with Gasteiger partial charge in [-0.3, -0.25) is 0 Å². The normalized spacial score (nSPS) is 12.3. The fourth-order valence-electron chi connectivity index (χ4n) is 4.71. The fraction of sp³-hybridized carbons (Fsp3) is 0.419. The number of rotatable bonds is 5. The molecule has 0 unspecified atom stereocenters. The second kappa shape index (κ2) is 9.49. The van der Waals surface area contributed by atoms with Gasteiger partial charge in [0.2, 0.25) is 0 Å². The molecule has 0 atom stereocenters. The molecule has 0 amide bonds. The highest BCUT2D eigenvalue weighted by Crippen LogP contribution is 2.48. The van der Waals surface area contributed by atoms with Crippen LogP contribution in [0.2, 0.25) is 0 Å². The minimum Gasteiger partial charge on any atom is -0.507 e. The van der Waals surface area contributed by atoms with Gasteiger partial charge in [0.05, 0.1) is 6.61 Å². The first-order chi connectivity index (χ1) is 16.1. The Morgan fingerprint density at radius 2 is 1.17 bits per heavy atom. The maximum atomic E-state index is 11.6. The SMILES string of the molecule is CCOc1cc(C(c2cc(C)cc(C(C)(C)C)c2O)c2cc(C)cc(C(C)(C)C)c2O)ccc1O. The van der Waals surface area contributed by atoms with Crippen molar-refractivity contribution >= 4 is 0 Å².